The van der Waals surface area contributed by atoms with Gasteiger partial charge in [-0.2, -0.15) is 5.10 Å². The van der Waals surface area contributed by atoms with Crippen molar-refractivity contribution in [3.8, 4) is 0 Å². The number of nitrogens with zero attached hydrogens (tertiary/aromatic N) is 3. The van der Waals surface area contributed by atoms with Crippen LogP contribution in [0.4, 0.5) is 0 Å². The molecule has 2 saturated carbocycles. The maximum absolute atomic E-state index is 10.2. The summed E-state index contributed by atoms with van der Waals surface area (Å²) in [5, 5.41) is 14.8. The molecule has 6 atom stereocenters. The van der Waals surface area contributed by atoms with Crippen molar-refractivity contribution >= 4 is 11.1 Å². The number of aliphatic hydroxyl groups is 1. The van der Waals surface area contributed by atoms with Crippen molar-refractivity contribution in [3.05, 3.63) is 48.1 Å². The Bertz CT molecular complexity index is 1040. The van der Waals surface area contributed by atoms with Gasteiger partial charge in [-0.25, -0.2) is 9.50 Å². The molecule has 4 aliphatic rings. The molecule has 4 aliphatic carbocycles. The average molecular weight is 390 g/mol. The summed E-state index contributed by atoms with van der Waals surface area (Å²) in [6.45, 7) is 5.02. The zero-order valence-corrected chi connectivity index (χ0v) is 17.5. The first kappa shape index (κ1) is 17.9. The molecule has 0 bridgehead atoms. The molecule has 2 aromatic rings. The van der Waals surface area contributed by atoms with Crippen LogP contribution in [0.2, 0.25) is 0 Å². The summed E-state index contributed by atoms with van der Waals surface area (Å²) in [6.07, 6.45) is 18.6. The normalized spacial score (nSPS) is 41.3. The van der Waals surface area contributed by atoms with Crippen LogP contribution in [0.1, 0.15) is 64.4 Å². The second-order valence-electron chi connectivity index (χ2n) is 10.4. The molecule has 0 amide bonds. The Morgan fingerprint density at radius 1 is 1.07 bits per heavy atom. The number of hydrogen-bond acceptors (Lipinski definition) is 3. The summed E-state index contributed by atoms with van der Waals surface area (Å²) >= 11 is 0. The minimum Gasteiger partial charge on any atom is -0.393 e. The average Bonchev–Trinajstić information content (AvgIpc) is 3.29. The Morgan fingerprint density at radius 3 is 2.83 bits per heavy atom. The topological polar surface area (TPSA) is 50.4 Å². The van der Waals surface area contributed by atoms with E-state index in [9.17, 15) is 5.11 Å². The molecule has 1 N–H and O–H groups in total. The molecule has 2 fully saturated rings. The fourth-order valence-corrected chi connectivity index (χ4v) is 7.68. The van der Waals surface area contributed by atoms with Gasteiger partial charge in [0.2, 0.25) is 0 Å². The highest BCUT2D eigenvalue weighted by molar-refractivity contribution is 5.82. The van der Waals surface area contributed by atoms with Crippen LogP contribution in [0, 0.1) is 28.6 Å². The van der Waals surface area contributed by atoms with Gasteiger partial charge in [0, 0.05) is 11.8 Å². The van der Waals surface area contributed by atoms with Crippen molar-refractivity contribution in [1.82, 2.24) is 14.6 Å². The van der Waals surface area contributed by atoms with E-state index in [1.54, 1.807) is 11.9 Å². The third kappa shape index (κ3) is 2.35. The molecule has 6 rings (SSSR count). The fraction of sp³-hybridized carbons (Fsp3) is 0.600. The van der Waals surface area contributed by atoms with Crippen LogP contribution in [0.3, 0.4) is 0 Å². The van der Waals surface area contributed by atoms with Crippen molar-refractivity contribution in [1.29, 1.82) is 0 Å². The molecule has 0 saturated heterocycles. The monoisotopic (exact) mass is 389 g/mol. The first-order valence-electron chi connectivity index (χ1n) is 11.4. The number of allylic oxidation sites excluding steroid dienone is 3. The predicted molar refractivity (Wildman–Crippen MR) is 114 cm³/mol. The zero-order valence-electron chi connectivity index (χ0n) is 17.5. The van der Waals surface area contributed by atoms with Crippen LogP contribution in [0.5, 0.6) is 0 Å². The first-order valence-corrected chi connectivity index (χ1v) is 11.4. The molecule has 0 spiro atoms. The van der Waals surface area contributed by atoms with E-state index in [4.69, 9.17) is 0 Å². The van der Waals surface area contributed by atoms with E-state index < -0.39 is 0 Å². The van der Waals surface area contributed by atoms with Gasteiger partial charge in [0.25, 0.3) is 0 Å². The second-order valence-corrected chi connectivity index (χ2v) is 10.4. The van der Waals surface area contributed by atoms with Crippen molar-refractivity contribution in [2.75, 3.05) is 0 Å². The van der Waals surface area contributed by atoms with E-state index >= 15 is 0 Å². The van der Waals surface area contributed by atoms with Gasteiger partial charge in [-0.05, 0) is 85.2 Å². The van der Waals surface area contributed by atoms with E-state index in [2.05, 4.69) is 42.1 Å². The van der Waals surface area contributed by atoms with Crippen LogP contribution in [-0.2, 0) is 0 Å². The molecule has 29 heavy (non-hydrogen) atoms. The van der Waals surface area contributed by atoms with E-state index in [0.29, 0.717) is 5.41 Å². The summed E-state index contributed by atoms with van der Waals surface area (Å²) < 4.78 is 1.91. The molecule has 0 aromatic carbocycles. The molecule has 0 aliphatic heterocycles. The summed E-state index contributed by atoms with van der Waals surface area (Å²) in [7, 11) is 0. The summed E-state index contributed by atoms with van der Waals surface area (Å²) in [5.41, 5.74) is 6.10. The Morgan fingerprint density at radius 2 is 1.93 bits per heavy atom. The lowest BCUT2D eigenvalue weighted by Crippen LogP contribution is -2.49. The smallest absolute Gasteiger partial charge is 0.117 e. The number of rotatable bonds is 1. The van der Waals surface area contributed by atoms with E-state index in [1.807, 2.05) is 16.9 Å². The second kappa shape index (κ2) is 6.04. The van der Waals surface area contributed by atoms with Gasteiger partial charge in [0.05, 0.1) is 17.8 Å². The zero-order chi connectivity index (χ0) is 19.8. The van der Waals surface area contributed by atoms with Crippen molar-refractivity contribution in [3.63, 3.8) is 0 Å². The SMILES string of the molecule is C[C@]12CC[C@H](O)CC1=CC[C@@H]1[C@@H]2CC[C@]2(C)C(c3cnn4cnccc34)=CC[C@@H]12. The van der Waals surface area contributed by atoms with E-state index in [0.717, 1.165) is 37.0 Å². The molecular weight excluding hydrogens is 358 g/mol. The maximum Gasteiger partial charge on any atom is 0.117 e. The maximum atomic E-state index is 10.2. The van der Waals surface area contributed by atoms with Crippen LogP contribution in [0.25, 0.3) is 11.1 Å². The van der Waals surface area contributed by atoms with Crippen LogP contribution >= 0.6 is 0 Å². The van der Waals surface area contributed by atoms with Crippen molar-refractivity contribution in [2.24, 2.45) is 28.6 Å². The molecule has 4 heteroatoms. The van der Waals surface area contributed by atoms with Gasteiger partial charge < -0.3 is 5.11 Å². The number of hydrogen-bond donors (Lipinski definition) is 1. The molecule has 2 heterocycles. The highest BCUT2D eigenvalue weighted by Gasteiger charge is 2.56. The first-order chi connectivity index (χ1) is 14.0. The van der Waals surface area contributed by atoms with Crippen LogP contribution in [-0.4, -0.2) is 25.8 Å². The Labute approximate surface area is 172 Å². The van der Waals surface area contributed by atoms with Gasteiger partial charge in [0.1, 0.15) is 6.33 Å². The Hall–Kier alpha value is -1.94. The quantitative estimate of drug-likeness (QED) is 0.695. The number of aliphatic hydroxyl groups excluding tert-OH is 1. The minimum atomic E-state index is -0.121. The van der Waals surface area contributed by atoms with Crippen LogP contribution < -0.4 is 0 Å². The third-order valence-corrected chi connectivity index (χ3v) is 9.28. The standard InChI is InChI=1S/C25H31N3O/c1-24-10-7-17(29)13-16(24)3-4-18-20-5-6-21(25(20,2)11-8-22(18)24)19-14-27-28-15-26-12-9-23(19)28/h3,6,9,12,14-15,17-18,20,22,29H,4-5,7-8,10-11,13H2,1-2H3/t17-,18-,20-,22-,24-,25-/m0/s1. The van der Waals surface area contributed by atoms with Gasteiger partial charge in [-0.1, -0.05) is 31.6 Å². The largest absolute Gasteiger partial charge is 0.393 e. The fourth-order valence-electron chi connectivity index (χ4n) is 7.68. The van der Waals surface area contributed by atoms with Gasteiger partial charge in [0.15, 0.2) is 0 Å². The van der Waals surface area contributed by atoms with Crippen LogP contribution in [0.15, 0.2) is 42.5 Å². The Balaban J connectivity index is 1.36. The highest BCUT2D eigenvalue weighted by Crippen LogP contribution is 2.66. The third-order valence-electron chi connectivity index (χ3n) is 9.28. The van der Waals surface area contributed by atoms with Gasteiger partial charge in [-0.15, -0.1) is 0 Å². The predicted octanol–water partition coefficient (Wildman–Crippen LogP) is 5.05. The summed E-state index contributed by atoms with van der Waals surface area (Å²) in [6, 6.07) is 2.09. The Kier molecular flexibility index (Phi) is 3.72. The molecule has 4 nitrogen and oxygen atoms in total. The molecule has 0 radical (unpaired) electrons. The highest BCUT2D eigenvalue weighted by atomic mass is 16.3. The lowest BCUT2D eigenvalue weighted by molar-refractivity contribution is -0.0237. The van der Waals surface area contributed by atoms with E-state index in [1.165, 1.54) is 42.3 Å². The molecule has 2 aromatic heterocycles. The lowest BCUT2D eigenvalue weighted by Gasteiger charge is -2.57. The van der Waals surface area contributed by atoms with Gasteiger partial charge >= 0.3 is 0 Å². The minimum absolute atomic E-state index is 0.121. The number of fused-ring (bicyclic) bond motifs is 6. The van der Waals surface area contributed by atoms with Gasteiger partial charge in [-0.3, -0.25) is 0 Å². The van der Waals surface area contributed by atoms with Crippen molar-refractivity contribution in [2.45, 2.75) is 64.9 Å². The lowest BCUT2D eigenvalue weighted by atomic mass is 9.47. The molecular formula is C25H31N3O. The summed E-state index contributed by atoms with van der Waals surface area (Å²) in [5.74, 6) is 2.25. The summed E-state index contributed by atoms with van der Waals surface area (Å²) in [4.78, 5) is 4.21. The molecule has 152 valence electrons. The molecule has 0 unspecified atom stereocenters. The number of aromatic nitrogens is 3. The van der Waals surface area contributed by atoms with Crippen molar-refractivity contribution < 1.29 is 5.11 Å². The van der Waals surface area contributed by atoms with E-state index in [-0.39, 0.29) is 11.5 Å².